The third-order valence-electron chi connectivity index (χ3n) is 3.06. The Balaban J connectivity index is 2.22. The molecule has 0 saturated carbocycles. The number of rotatable bonds is 1. The van der Waals surface area contributed by atoms with Crippen LogP contribution >= 0.6 is 27.5 Å². The van der Waals surface area contributed by atoms with Crippen LogP contribution in [0.4, 0.5) is 0 Å². The quantitative estimate of drug-likeness (QED) is 0.702. The van der Waals surface area contributed by atoms with Crippen molar-refractivity contribution in [1.82, 2.24) is 0 Å². The SMILES string of the molecule is Clc1ccc2c(c1)C(c1ccccc1)=NCC=C2Br. The molecule has 0 bridgehead atoms. The molecule has 3 rings (SSSR count). The summed E-state index contributed by atoms with van der Waals surface area (Å²) in [5.74, 6) is 0. The second kappa shape index (κ2) is 5.32. The minimum Gasteiger partial charge on any atom is -0.280 e. The zero-order chi connectivity index (χ0) is 13.2. The molecule has 94 valence electrons. The fourth-order valence-electron chi connectivity index (χ4n) is 2.18. The molecule has 0 atom stereocenters. The van der Waals surface area contributed by atoms with Crippen molar-refractivity contribution in [2.75, 3.05) is 6.54 Å². The first-order valence-corrected chi connectivity index (χ1v) is 7.18. The first-order chi connectivity index (χ1) is 9.25. The van der Waals surface area contributed by atoms with Crippen LogP contribution in [0, 0.1) is 0 Å². The van der Waals surface area contributed by atoms with E-state index in [0.29, 0.717) is 6.54 Å². The fraction of sp³-hybridized carbons (Fsp3) is 0.0625. The summed E-state index contributed by atoms with van der Waals surface area (Å²) in [6.45, 7) is 0.664. The highest BCUT2D eigenvalue weighted by molar-refractivity contribution is 9.15. The lowest BCUT2D eigenvalue weighted by Crippen LogP contribution is -2.05. The Hall–Kier alpha value is -1.38. The van der Waals surface area contributed by atoms with Crippen LogP contribution in [0.1, 0.15) is 16.7 Å². The number of hydrogen-bond acceptors (Lipinski definition) is 1. The number of halogens is 2. The highest BCUT2D eigenvalue weighted by atomic mass is 79.9. The number of aliphatic imine (C=N–C) groups is 1. The Bertz CT molecular complexity index is 674. The highest BCUT2D eigenvalue weighted by Crippen LogP contribution is 2.30. The molecule has 0 aliphatic carbocycles. The van der Waals surface area contributed by atoms with Crippen molar-refractivity contribution in [3.05, 3.63) is 76.3 Å². The Morgan fingerprint density at radius 3 is 2.58 bits per heavy atom. The van der Waals surface area contributed by atoms with E-state index in [1.54, 1.807) is 0 Å². The molecule has 2 aromatic carbocycles. The Labute approximate surface area is 125 Å². The third kappa shape index (κ3) is 2.51. The van der Waals surface area contributed by atoms with E-state index < -0.39 is 0 Å². The standard InChI is InChI=1S/C16H11BrClN/c17-15-8-9-19-16(11-4-2-1-3-5-11)14-10-12(18)6-7-13(14)15/h1-8,10H,9H2. The zero-order valence-corrected chi connectivity index (χ0v) is 12.4. The molecule has 2 aromatic rings. The lowest BCUT2D eigenvalue weighted by atomic mass is 9.98. The van der Waals surface area contributed by atoms with Crippen molar-refractivity contribution in [3.8, 4) is 0 Å². The molecule has 19 heavy (non-hydrogen) atoms. The summed E-state index contributed by atoms with van der Waals surface area (Å²) in [5, 5.41) is 0.726. The van der Waals surface area contributed by atoms with Crippen LogP contribution < -0.4 is 0 Å². The van der Waals surface area contributed by atoms with Gasteiger partial charge in [0.1, 0.15) is 0 Å². The maximum atomic E-state index is 6.14. The van der Waals surface area contributed by atoms with Gasteiger partial charge in [-0.1, -0.05) is 63.9 Å². The second-order valence-corrected chi connectivity index (χ2v) is 5.59. The summed E-state index contributed by atoms with van der Waals surface area (Å²) in [7, 11) is 0. The fourth-order valence-corrected chi connectivity index (χ4v) is 2.84. The zero-order valence-electron chi connectivity index (χ0n) is 10.1. The predicted molar refractivity (Wildman–Crippen MR) is 85.3 cm³/mol. The average Bonchev–Trinajstić information content (AvgIpc) is 2.59. The summed E-state index contributed by atoms with van der Waals surface area (Å²) < 4.78 is 1.06. The van der Waals surface area contributed by atoms with E-state index in [1.807, 2.05) is 36.4 Å². The number of hydrogen-bond donors (Lipinski definition) is 0. The molecule has 0 fully saturated rings. The molecule has 3 heteroatoms. The van der Waals surface area contributed by atoms with E-state index in [4.69, 9.17) is 11.6 Å². The summed E-state index contributed by atoms with van der Waals surface area (Å²) in [5.41, 5.74) is 4.30. The molecule has 1 aliphatic heterocycles. The highest BCUT2D eigenvalue weighted by Gasteiger charge is 2.16. The number of benzene rings is 2. The molecule has 0 saturated heterocycles. The van der Waals surface area contributed by atoms with Gasteiger partial charge in [0, 0.05) is 20.6 Å². The van der Waals surface area contributed by atoms with Gasteiger partial charge in [-0.2, -0.15) is 0 Å². The molecule has 0 unspecified atom stereocenters. The van der Waals surface area contributed by atoms with Gasteiger partial charge in [0.05, 0.1) is 12.3 Å². The molecule has 0 spiro atoms. The van der Waals surface area contributed by atoms with Crippen LogP contribution in [-0.2, 0) is 0 Å². The lowest BCUT2D eigenvalue weighted by molar-refractivity contribution is 1.25. The van der Waals surface area contributed by atoms with Crippen LogP contribution in [0.2, 0.25) is 5.02 Å². The van der Waals surface area contributed by atoms with Gasteiger partial charge in [-0.25, -0.2) is 0 Å². The van der Waals surface area contributed by atoms with Crippen molar-refractivity contribution in [1.29, 1.82) is 0 Å². The van der Waals surface area contributed by atoms with Gasteiger partial charge >= 0.3 is 0 Å². The van der Waals surface area contributed by atoms with E-state index >= 15 is 0 Å². The first-order valence-electron chi connectivity index (χ1n) is 6.01. The number of fused-ring (bicyclic) bond motifs is 1. The monoisotopic (exact) mass is 331 g/mol. The van der Waals surface area contributed by atoms with Gasteiger partial charge in [0.15, 0.2) is 0 Å². The number of nitrogens with zero attached hydrogens (tertiary/aromatic N) is 1. The first kappa shape index (κ1) is 12.6. The van der Waals surface area contributed by atoms with Crippen LogP contribution in [0.25, 0.3) is 4.48 Å². The minimum absolute atomic E-state index is 0.664. The van der Waals surface area contributed by atoms with Crippen molar-refractivity contribution < 1.29 is 0 Å². The normalized spacial score (nSPS) is 14.2. The minimum atomic E-state index is 0.664. The van der Waals surface area contributed by atoms with Crippen LogP contribution in [-0.4, -0.2) is 12.3 Å². The molecule has 0 N–H and O–H groups in total. The summed E-state index contributed by atoms with van der Waals surface area (Å²) in [6.07, 6.45) is 2.07. The molecule has 0 radical (unpaired) electrons. The van der Waals surface area contributed by atoms with Crippen molar-refractivity contribution >= 4 is 37.7 Å². The van der Waals surface area contributed by atoms with Crippen LogP contribution in [0.5, 0.6) is 0 Å². The maximum Gasteiger partial charge on any atom is 0.0729 e. The van der Waals surface area contributed by atoms with Gasteiger partial charge in [0.2, 0.25) is 0 Å². The molecule has 1 aliphatic rings. The van der Waals surface area contributed by atoms with Gasteiger partial charge in [-0.15, -0.1) is 0 Å². The van der Waals surface area contributed by atoms with E-state index in [9.17, 15) is 0 Å². The molecule has 0 amide bonds. The molecule has 0 aromatic heterocycles. The van der Waals surface area contributed by atoms with Crippen LogP contribution in [0.3, 0.4) is 0 Å². The van der Waals surface area contributed by atoms with E-state index in [0.717, 1.165) is 31.9 Å². The van der Waals surface area contributed by atoms with Gasteiger partial charge in [-0.3, -0.25) is 4.99 Å². The average molecular weight is 333 g/mol. The van der Waals surface area contributed by atoms with Crippen molar-refractivity contribution in [2.24, 2.45) is 4.99 Å². The Morgan fingerprint density at radius 2 is 1.79 bits per heavy atom. The van der Waals surface area contributed by atoms with Gasteiger partial charge < -0.3 is 0 Å². The lowest BCUT2D eigenvalue weighted by Gasteiger charge is -2.11. The largest absolute Gasteiger partial charge is 0.280 e. The molecular formula is C16H11BrClN. The van der Waals surface area contributed by atoms with E-state index in [1.165, 1.54) is 0 Å². The van der Waals surface area contributed by atoms with E-state index in [-0.39, 0.29) is 0 Å². The maximum absolute atomic E-state index is 6.14. The smallest absolute Gasteiger partial charge is 0.0729 e. The molecule has 1 heterocycles. The third-order valence-corrected chi connectivity index (χ3v) is 4.05. The molecular weight excluding hydrogens is 322 g/mol. The van der Waals surface area contributed by atoms with Gasteiger partial charge in [-0.05, 0) is 23.8 Å². The summed E-state index contributed by atoms with van der Waals surface area (Å²) in [6, 6.07) is 16.1. The Morgan fingerprint density at radius 1 is 1.00 bits per heavy atom. The van der Waals surface area contributed by atoms with Crippen LogP contribution in [0.15, 0.2) is 59.6 Å². The van der Waals surface area contributed by atoms with Crippen molar-refractivity contribution in [3.63, 3.8) is 0 Å². The summed E-state index contributed by atoms with van der Waals surface area (Å²) in [4.78, 5) is 4.68. The predicted octanol–water partition coefficient (Wildman–Crippen LogP) is 4.93. The second-order valence-electron chi connectivity index (χ2n) is 4.30. The van der Waals surface area contributed by atoms with E-state index in [2.05, 4.69) is 39.1 Å². The molecule has 1 nitrogen and oxygen atoms in total. The summed E-state index contributed by atoms with van der Waals surface area (Å²) >= 11 is 9.75. The Kier molecular flexibility index (Phi) is 3.54. The topological polar surface area (TPSA) is 12.4 Å². The van der Waals surface area contributed by atoms with Gasteiger partial charge in [0.25, 0.3) is 0 Å². The van der Waals surface area contributed by atoms with Crippen molar-refractivity contribution in [2.45, 2.75) is 0 Å².